The van der Waals surface area contributed by atoms with Gasteiger partial charge in [0.1, 0.15) is 44.4 Å². The number of carboxylic acid groups (broad SMARTS) is 1. The molecule has 2 aliphatic heterocycles. The summed E-state index contributed by atoms with van der Waals surface area (Å²) in [5, 5.41) is 22.5. The number of ether oxygens (including phenoxy) is 4. The fraction of sp³-hybridized carbons (Fsp3) is 0.469. The van der Waals surface area contributed by atoms with Gasteiger partial charge in [0.25, 0.3) is 0 Å². The van der Waals surface area contributed by atoms with Crippen molar-refractivity contribution in [1.29, 1.82) is 5.26 Å². The molecule has 8 rings (SSSR count). The minimum Gasteiger partial charge on any atom is -0.493 e. The lowest BCUT2D eigenvalue weighted by atomic mass is 10.0. The number of rotatable bonds is 31. The molecule has 404 valence electrons. The Morgan fingerprint density at radius 2 is 1.12 bits per heavy atom. The molecule has 0 bridgehead atoms. The molecule has 0 aliphatic carbocycles. The highest BCUT2D eigenvalue weighted by atomic mass is 32.1. The lowest BCUT2D eigenvalue weighted by Crippen LogP contribution is -2.54. The van der Waals surface area contributed by atoms with Crippen LogP contribution in [0.2, 0.25) is 12.1 Å². The van der Waals surface area contributed by atoms with Crippen LogP contribution >= 0.6 is 34.0 Å². The van der Waals surface area contributed by atoms with Crippen LogP contribution in [0.15, 0.2) is 90.5 Å². The lowest BCUT2D eigenvalue weighted by molar-refractivity contribution is -0.132. The molecule has 0 saturated carbocycles. The Balaban J connectivity index is 1.14. The molecule has 8 nitrogen and oxygen atoms in total. The van der Waals surface area contributed by atoms with E-state index in [4.69, 9.17) is 18.9 Å². The van der Waals surface area contributed by atoms with E-state index in [-0.39, 0.29) is 5.57 Å². The molecule has 3 aromatic heterocycles. The second-order valence-corrected chi connectivity index (χ2v) is 28.3. The van der Waals surface area contributed by atoms with E-state index in [1.807, 2.05) is 17.4 Å². The highest BCUT2D eigenvalue weighted by Crippen LogP contribution is 2.56. The van der Waals surface area contributed by atoms with E-state index < -0.39 is 14.0 Å². The molecular formula is C64H80N2O6S3Si. The summed E-state index contributed by atoms with van der Waals surface area (Å²) in [6.07, 6.45) is 20.6. The number of benzene rings is 3. The molecule has 0 saturated heterocycles. The Morgan fingerprint density at radius 1 is 0.632 bits per heavy atom. The second kappa shape index (κ2) is 27.8. The van der Waals surface area contributed by atoms with Crippen LogP contribution in [0.1, 0.15) is 149 Å². The van der Waals surface area contributed by atoms with Crippen molar-refractivity contribution in [2.24, 2.45) is 11.8 Å². The Kier molecular flexibility index (Phi) is 20.8. The molecule has 2 unspecified atom stereocenters. The number of nitrogens with zero attached hydrogens (tertiary/aromatic N) is 2. The highest BCUT2D eigenvalue weighted by Gasteiger charge is 2.48. The van der Waals surface area contributed by atoms with E-state index in [0.29, 0.717) is 25.0 Å². The number of carbonyl (C=O) groups is 1. The molecule has 1 N–H and O–H groups in total. The zero-order valence-electron chi connectivity index (χ0n) is 46.0. The van der Waals surface area contributed by atoms with Gasteiger partial charge in [-0.3, -0.25) is 0 Å². The van der Waals surface area contributed by atoms with Crippen molar-refractivity contribution in [2.75, 3.05) is 31.3 Å². The van der Waals surface area contributed by atoms with Gasteiger partial charge in [0.2, 0.25) is 0 Å². The molecule has 2 atom stereocenters. The molecular weight excluding hydrogens is 1020 g/mol. The van der Waals surface area contributed by atoms with Gasteiger partial charge in [-0.25, -0.2) is 4.79 Å². The van der Waals surface area contributed by atoms with E-state index in [2.05, 4.69) is 131 Å². The summed E-state index contributed by atoms with van der Waals surface area (Å²) in [6.45, 7) is 16.0. The van der Waals surface area contributed by atoms with Gasteiger partial charge in [0.15, 0.2) is 11.5 Å². The van der Waals surface area contributed by atoms with Crippen molar-refractivity contribution >= 4 is 81.6 Å². The van der Waals surface area contributed by atoms with Crippen LogP contribution in [0.4, 0.5) is 17.1 Å². The topological polar surface area (TPSA) is 101 Å². The average molecular weight is 1100 g/mol. The molecule has 12 heteroatoms. The molecule has 0 radical (unpaired) electrons. The number of unbranched alkanes of at least 4 members (excludes halogenated alkanes) is 8. The van der Waals surface area contributed by atoms with Crippen molar-refractivity contribution in [2.45, 2.75) is 156 Å². The van der Waals surface area contributed by atoms with Gasteiger partial charge in [0.05, 0.1) is 23.0 Å². The molecule has 3 aromatic carbocycles. The maximum absolute atomic E-state index is 12.0. The van der Waals surface area contributed by atoms with Crippen molar-refractivity contribution in [3.8, 4) is 59.0 Å². The van der Waals surface area contributed by atoms with E-state index >= 15 is 0 Å². The maximum Gasteiger partial charge on any atom is 0.346 e. The summed E-state index contributed by atoms with van der Waals surface area (Å²) in [7, 11) is -2.28. The quantitative estimate of drug-likeness (QED) is 0.0199. The van der Waals surface area contributed by atoms with E-state index in [1.54, 1.807) is 28.7 Å². The molecule has 0 fully saturated rings. The zero-order valence-corrected chi connectivity index (χ0v) is 49.4. The Hall–Kier alpha value is -5.32. The molecule has 2 aliphatic rings. The first-order chi connectivity index (χ1) is 37.2. The normalized spacial score (nSPS) is 14.2. The lowest BCUT2D eigenvalue weighted by Gasteiger charge is -2.29. The Bertz CT molecular complexity index is 2800. The van der Waals surface area contributed by atoms with Gasteiger partial charge in [-0.05, 0) is 132 Å². The van der Waals surface area contributed by atoms with Crippen LogP contribution in [0.5, 0.6) is 23.0 Å². The van der Waals surface area contributed by atoms with Crippen molar-refractivity contribution < 1.29 is 28.8 Å². The van der Waals surface area contributed by atoms with E-state index in [9.17, 15) is 15.2 Å². The molecule has 5 heterocycles. The third-order valence-electron chi connectivity index (χ3n) is 15.5. The summed E-state index contributed by atoms with van der Waals surface area (Å²) in [4.78, 5) is 21.1. The van der Waals surface area contributed by atoms with Gasteiger partial charge in [-0.15, -0.1) is 34.0 Å². The first kappa shape index (κ1) is 56.9. The molecule has 0 amide bonds. The van der Waals surface area contributed by atoms with Gasteiger partial charge in [-0.1, -0.05) is 144 Å². The van der Waals surface area contributed by atoms with Crippen LogP contribution in [0, 0.1) is 23.2 Å². The van der Waals surface area contributed by atoms with Crippen LogP contribution in [-0.4, -0.2) is 45.6 Å². The fourth-order valence-corrected chi connectivity index (χ4v) is 21.6. The van der Waals surface area contributed by atoms with E-state index in [1.165, 1.54) is 127 Å². The Morgan fingerprint density at radius 3 is 1.61 bits per heavy atom. The largest absolute Gasteiger partial charge is 0.493 e. The van der Waals surface area contributed by atoms with Crippen LogP contribution in [0.3, 0.4) is 0 Å². The standard InChI is InChI=1S/C64H80N2O6S3Si/c1-7-13-17-19-37-76(38-20-18-14-8-2)56-40-54(39-48(42-65)64(67)68)73-62(56)63-57(76)41-55(74-63)61-59-58(69-35-36-70-59)60(75-61)47-23-25-49(26-24-47)66(50-27-31-52(32-28-50)71-43-45(11-5)21-15-9-3)51-29-33-53(34-30-51)72-44-46(12-6)22-16-10-4/h23-34,39-41,45-46H,7-22,35-38,43-44H2,1-6H3,(H,67,68)/b48-39+. The van der Waals surface area contributed by atoms with Crippen molar-refractivity contribution in [3.05, 3.63) is 95.4 Å². The number of fused-ring (bicyclic) bond motifs is 4. The third kappa shape index (κ3) is 13.3. The number of hydrogen-bond acceptors (Lipinski definition) is 10. The minimum absolute atomic E-state index is 0.226. The molecule has 6 aromatic rings. The second-order valence-electron chi connectivity index (χ2n) is 20.9. The predicted octanol–water partition coefficient (Wildman–Crippen LogP) is 18.3. The summed E-state index contributed by atoms with van der Waals surface area (Å²) in [6, 6.07) is 34.9. The summed E-state index contributed by atoms with van der Waals surface area (Å²) >= 11 is 5.25. The minimum atomic E-state index is -2.28. The zero-order chi connectivity index (χ0) is 53.4. The van der Waals surface area contributed by atoms with Gasteiger partial charge in [0, 0.05) is 36.6 Å². The maximum atomic E-state index is 12.0. The molecule has 76 heavy (non-hydrogen) atoms. The highest BCUT2D eigenvalue weighted by molar-refractivity contribution is 7.32. The number of anilines is 3. The van der Waals surface area contributed by atoms with Crippen LogP contribution < -0.4 is 34.2 Å². The van der Waals surface area contributed by atoms with Crippen molar-refractivity contribution in [3.63, 3.8) is 0 Å². The number of aliphatic carboxylic acids is 1. The van der Waals surface area contributed by atoms with Gasteiger partial charge in [-0.2, -0.15) is 5.26 Å². The Labute approximate surface area is 466 Å². The first-order valence-corrected chi connectivity index (χ1v) is 33.5. The third-order valence-corrected chi connectivity index (χ3v) is 24.9. The van der Waals surface area contributed by atoms with Gasteiger partial charge < -0.3 is 29.0 Å². The van der Waals surface area contributed by atoms with E-state index in [0.717, 1.165) is 86.3 Å². The number of carboxylic acids is 1. The summed E-state index contributed by atoms with van der Waals surface area (Å²) in [5.74, 6) is 3.32. The van der Waals surface area contributed by atoms with Crippen LogP contribution in [0.25, 0.3) is 36.0 Å². The number of hydrogen-bond donors (Lipinski definition) is 1. The smallest absolute Gasteiger partial charge is 0.346 e. The fourth-order valence-electron chi connectivity index (χ4n) is 11.0. The SMILES string of the molecule is CCCCCC[Si]1(CCCCCC)c2cc(/C=C(\C#N)C(=O)O)sc2-c2sc(-c3sc(-c4ccc(N(c5ccc(OCC(CC)CCCC)cc5)c5ccc(OCC(CC)CCCC)cc5)cc4)c4c3OCCO4)cc21. The first-order valence-electron chi connectivity index (χ1n) is 28.6. The summed E-state index contributed by atoms with van der Waals surface area (Å²) < 4.78 is 25.9. The summed E-state index contributed by atoms with van der Waals surface area (Å²) in [5.41, 5.74) is 3.95. The average Bonchev–Trinajstić information content (AvgIpc) is 4.28. The predicted molar refractivity (Wildman–Crippen MR) is 324 cm³/mol. The number of thiophene rings is 3. The van der Waals surface area contributed by atoms with Gasteiger partial charge >= 0.3 is 5.97 Å². The van der Waals surface area contributed by atoms with Crippen LogP contribution in [-0.2, 0) is 4.79 Å². The van der Waals surface area contributed by atoms with Crippen molar-refractivity contribution in [1.82, 2.24) is 0 Å². The number of nitriles is 1. The monoisotopic (exact) mass is 1100 g/mol. The molecule has 0 spiro atoms.